The molecule has 0 bridgehead atoms. The van der Waals surface area contributed by atoms with Crippen molar-refractivity contribution in [2.45, 2.75) is 57.4 Å². The van der Waals surface area contributed by atoms with E-state index in [1.807, 2.05) is 6.07 Å². The fourth-order valence-electron chi connectivity index (χ4n) is 4.00. The van der Waals surface area contributed by atoms with Crippen LogP contribution in [0.5, 0.6) is 5.75 Å². The van der Waals surface area contributed by atoms with Crippen LogP contribution in [0.15, 0.2) is 48.7 Å². The molecule has 0 spiro atoms. The third-order valence-electron chi connectivity index (χ3n) is 5.68. The van der Waals surface area contributed by atoms with Crippen LogP contribution in [0.4, 0.5) is 11.5 Å². The molecule has 0 unspecified atom stereocenters. The van der Waals surface area contributed by atoms with E-state index in [1.165, 1.54) is 18.4 Å². The molecule has 1 saturated carbocycles. The van der Waals surface area contributed by atoms with Crippen molar-refractivity contribution in [3.63, 3.8) is 0 Å². The first-order valence-corrected chi connectivity index (χ1v) is 11.5. The van der Waals surface area contributed by atoms with Crippen LogP contribution in [0.3, 0.4) is 0 Å². The summed E-state index contributed by atoms with van der Waals surface area (Å²) in [4.78, 5) is 43.6. The smallest absolute Gasteiger partial charge is 0.240 e. The Labute approximate surface area is 194 Å². The van der Waals surface area contributed by atoms with E-state index in [0.717, 1.165) is 25.7 Å². The molecule has 3 amide bonds. The third-order valence-corrected chi connectivity index (χ3v) is 5.68. The van der Waals surface area contributed by atoms with Gasteiger partial charge in [-0.15, -0.1) is 0 Å². The molecule has 1 aromatic carbocycles. The highest BCUT2D eigenvalue weighted by atomic mass is 16.5. The molecule has 2 N–H and O–H groups in total. The number of carbonyl (C=O) groups excluding carboxylic acids is 3. The number of nitrogens with zero attached hydrogens (tertiary/aromatic N) is 2. The molecule has 176 valence electrons. The summed E-state index contributed by atoms with van der Waals surface area (Å²) in [6, 6.07) is 12.6. The summed E-state index contributed by atoms with van der Waals surface area (Å²) < 4.78 is 5.42. The van der Waals surface area contributed by atoms with Crippen LogP contribution in [-0.4, -0.2) is 42.4 Å². The lowest BCUT2D eigenvalue weighted by molar-refractivity contribution is -0.124. The van der Waals surface area contributed by atoms with Gasteiger partial charge >= 0.3 is 0 Å². The number of anilines is 2. The average Bonchev–Trinajstić information content (AvgIpc) is 2.83. The molecule has 2 aromatic rings. The van der Waals surface area contributed by atoms with Gasteiger partial charge in [-0.3, -0.25) is 19.3 Å². The molecule has 33 heavy (non-hydrogen) atoms. The van der Waals surface area contributed by atoms with E-state index in [9.17, 15) is 14.4 Å². The Bertz CT molecular complexity index is 929. The predicted molar refractivity (Wildman–Crippen MR) is 127 cm³/mol. The van der Waals surface area contributed by atoms with Crippen molar-refractivity contribution < 1.29 is 19.1 Å². The molecular formula is C25H32N4O4. The maximum atomic E-state index is 13.1. The van der Waals surface area contributed by atoms with Gasteiger partial charge in [0.1, 0.15) is 18.1 Å². The zero-order chi connectivity index (χ0) is 23.5. The van der Waals surface area contributed by atoms with Gasteiger partial charge < -0.3 is 15.4 Å². The van der Waals surface area contributed by atoms with Crippen molar-refractivity contribution in [2.75, 3.05) is 23.9 Å². The number of aromatic nitrogens is 1. The maximum absolute atomic E-state index is 13.1. The zero-order valence-corrected chi connectivity index (χ0v) is 19.1. The van der Waals surface area contributed by atoms with Crippen molar-refractivity contribution in [2.24, 2.45) is 0 Å². The number of methoxy groups -OCH3 is 1. The summed E-state index contributed by atoms with van der Waals surface area (Å²) in [5.74, 6) is 0.367. The van der Waals surface area contributed by atoms with Gasteiger partial charge in [-0.2, -0.15) is 0 Å². The highest BCUT2D eigenvalue weighted by Crippen LogP contribution is 2.28. The molecule has 0 radical (unpaired) electrons. The quantitative estimate of drug-likeness (QED) is 0.573. The Balaban J connectivity index is 1.60. The average molecular weight is 453 g/mol. The highest BCUT2D eigenvalue weighted by Gasteiger charge is 2.24. The number of amides is 3. The SMILES string of the molecule is COc1ccccc1N(CC(=O)NC1CCCCC1)C(=O)CCCC(=O)Nc1ccccn1. The van der Waals surface area contributed by atoms with Crippen LogP contribution in [-0.2, 0) is 14.4 Å². The van der Waals surface area contributed by atoms with Gasteiger partial charge in [0.05, 0.1) is 12.8 Å². The molecule has 0 aliphatic heterocycles. The zero-order valence-electron chi connectivity index (χ0n) is 19.1. The largest absolute Gasteiger partial charge is 0.495 e. The first-order valence-electron chi connectivity index (χ1n) is 11.5. The topological polar surface area (TPSA) is 101 Å². The van der Waals surface area contributed by atoms with Gasteiger partial charge in [0, 0.05) is 25.1 Å². The van der Waals surface area contributed by atoms with Crippen LogP contribution in [0.25, 0.3) is 0 Å². The van der Waals surface area contributed by atoms with E-state index in [2.05, 4.69) is 15.6 Å². The Hall–Kier alpha value is -3.42. The summed E-state index contributed by atoms with van der Waals surface area (Å²) in [6.45, 7) is -0.0875. The van der Waals surface area contributed by atoms with E-state index in [-0.39, 0.29) is 43.1 Å². The number of rotatable bonds is 10. The standard InChI is InChI=1S/C25H32N4O4/c1-33-21-13-6-5-12-20(21)29(18-24(31)27-19-10-3-2-4-11-19)25(32)16-9-15-23(30)28-22-14-7-8-17-26-22/h5-8,12-14,17,19H,2-4,9-11,15-16,18H2,1H3,(H,27,31)(H,26,28,30). The number of pyridine rings is 1. The second-order valence-corrected chi connectivity index (χ2v) is 8.17. The highest BCUT2D eigenvalue weighted by molar-refractivity contribution is 6.00. The number of ether oxygens (including phenoxy) is 1. The number of nitrogens with one attached hydrogen (secondary N) is 2. The number of benzene rings is 1. The molecule has 1 aromatic heterocycles. The van der Waals surface area contributed by atoms with E-state index in [4.69, 9.17) is 4.74 Å². The monoisotopic (exact) mass is 452 g/mol. The third kappa shape index (κ3) is 7.59. The first kappa shape index (κ1) is 24.2. The van der Waals surface area contributed by atoms with Crippen molar-refractivity contribution in [3.05, 3.63) is 48.7 Å². The van der Waals surface area contributed by atoms with E-state index < -0.39 is 0 Å². The van der Waals surface area contributed by atoms with E-state index in [1.54, 1.807) is 42.6 Å². The van der Waals surface area contributed by atoms with Crippen molar-refractivity contribution >= 4 is 29.2 Å². The summed E-state index contributed by atoms with van der Waals surface area (Å²) in [7, 11) is 1.53. The van der Waals surface area contributed by atoms with Gasteiger partial charge in [0.15, 0.2) is 0 Å². The fraction of sp³-hybridized carbons (Fsp3) is 0.440. The normalized spacial score (nSPS) is 13.7. The minimum atomic E-state index is -0.232. The minimum absolute atomic E-state index is 0.0875. The predicted octanol–water partition coefficient (Wildman–Crippen LogP) is 3.68. The molecule has 0 saturated heterocycles. The molecule has 3 rings (SSSR count). The molecule has 1 aliphatic carbocycles. The summed E-state index contributed by atoms with van der Waals surface area (Å²) >= 11 is 0. The second kappa shape index (κ2) is 12.6. The van der Waals surface area contributed by atoms with Crippen LogP contribution in [0.1, 0.15) is 51.4 Å². The van der Waals surface area contributed by atoms with Crippen LogP contribution in [0.2, 0.25) is 0 Å². The Morgan fingerprint density at radius 2 is 1.76 bits per heavy atom. The second-order valence-electron chi connectivity index (χ2n) is 8.17. The molecule has 8 nitrogen and oxygen atoms in total. The summed E-state index contributed by atoms with van der Waals surface area (Å²) in [5, 5.41) is 5.78. The van der Waals surface area contributed by atoms with Crippen LogP contribution >= 0.6 is 0 Å². The van der Waals surface area contributed by atoms with Crippen LogP contribution in [0, 0.1) is 0 Å². The van der Waals surface area contributed by atoms with Gasteiger partial charge in [-0.25, -0.2) is 4.98 Å². The molecule has 1 aliphatic rings. The molecule has 1 heterocycles. The van der Waals surface area contributed by atoms with Gasteiger partial charge in [-0.05, 0) is 43.5 Å². The lowest BCUT2D eigenvalue weighted by Gasteiger charge is -2.27. The maximum Gasteiger partial charge on any atom is 0.240 e. The number of hydrogen-bond acceptors (Lipinski definition) is 5. The first-order chi connectivity index (χ1) is 16.1. The minimum Gasteiger partial charge on any atom is -0.495 e. The molecule has 1 fully saturated rings. The Morgan fingerprint density at radius 1 is 1.00 bits per heavy atom. The number of hydrogen-bond donors (Lipinski definition) is 2. The summed E-state index contributed by atoms with van der Waals surface area (Å²) in [6.07, 6.45) is 7.63. The lowest BCUT2D eigenvalue weighted by Crippen LogP contribution is -2.45. The number of para-hydroxylation sites is 2. The van der Waals surface area contributed by atoms with Crippen molar-refractivity contribution in [1.29, 1.82) is 0 Å². The van der Waals surface area contributed by atoms with Crippen molar-refractivity contribution in [3.8, 4) is 5.75 Å². The van der Waals surface area contributed by atoms with Crippen molar-refractivity contribution in [1.82, 2.24) is 10.3 Å². The van der Waals surface area contributed by atoms with E-state index >= 15 is 0 Å². The fourth-order valence-corrected chi connectivity index (χ4v) is 4.00. The Morgan fingerprint density at radius 3 is 2.48 bits per heavy atom. The molecule has 8 heteroatoms. The Kier molecular flexibility index (Phi) is 9.23. The van der Waals surface area contributed by atoms with E-state index in [0.29, 0.717) is 23.7 Å². The molecule has 0 atom stereocenters. The van der Waals surface area contributed by atoms with Gasteiger partial charge in [-0.1, -0.05) is 37.5 Å². The van der Waals surface area contributed by atoms with Crippen LogP contribution < -0.4 is 20.3 Å². The summed E-state index contributed by atoms with van der Waals surface area (Å²) in [5.41, 5.74) is 0.543. The number of carbonyl (C=O) groups is 3. The molecular weight excluding hydrogens is 420 g/mol. The van der Waals surface area contributed by atoms with Gasteiger partial charge in [0.25, 0.3) is 0 Å². The van der Waals surface area contributed by atoms with Gasteiger partial charge in [0.2, 0.25) is 17.7 Å². The lowest BCUT2D eigenvalue weighted by atomic mass is 9.95.